The average molecular weight is 417 g/mol. The Kier molecular flexibility index (Phi) is 6.17. The lowest BCUT2D eigenvalue weighted by Crippen LogP contribution is -2.44. The fourth-order valence-corrected chi connectivity index (χ4v) is 4.25. The van der Waals surface area contributed by atoms with Gasteiger partial charge < -0.3 is 10.1 Å². The van der Waals surface area contributed by atoms with E-state index in [1.54, 1.807) is 31.2 Å². The Balaban J connectivity index is 1.79. The summed E-state index contributed by atoms with van der Waals surface area (Å²) >= 11 is 0. The minimum atomic E-state index is -3.35. The molecule has 1 aliphatic heterocycles. The summed E-state index contributed by atoms with van der Waals surface area (Å²) in [5.41, 5.74) is 1.60. The van der Waals surface area contributed by atoms with Crippen LogP contribution < -0.4 is 14.8 Å². The SMILES string of the molecule is CCC1(CC)CC(NC(=O)c2ccc(NS(=O)(=O)CC)cc2)c2ccccc2O1. The number of para-hydroxylation sites is 1. The van der Waals surface area contributed by atoms with Crippen molar-refractivity contribution in [2.75, 3.05) is 10.5 Å². The number of benzene rings is 2. The molecule has 0 spiro atoms. The molecule has 2 aromatic rings. The van der Waals surface area contributed by atoms with Crippen LogP contribution in [0.5, 0.6) is 5.75 Å². The summed E-state index contributed by atoms with van der Waals surface area (Å²) in [6, 6.07) is 14.1. The highest BCUT2D eigenvalue weighted by Gasteiger charge is 2.38. The van der Waals surface area contributed by atoms with Crippen LogP contribution in [-0.2, 0) is 10.0 Å². The molecule has 7 heteroatoms. The van der Waals surface area contributed by atoms with Crippen LogP contribution in [0, 0.1) is 0 Å². The van der Waals surface area contributed by atoms with Gasteiger partial charge in [-0.2, -0.15) is 0 Å². The van der Waals surface area contributed by atoms with Crippen LogP contribution in [0.1, 0.15) is 62.0 Å². The van der Waals surface area contributed by atoms with Gasteiger partial charge >= 0.3 is 0 Å². The van der Waals surface area contributed by atoms with Crippen molar-refractivity contribution in [3.05, 3.63) is 59.7 Å². The van der Waals surface area contributed by atoms with E-state index in [1.807, 2.05) is 24.3 Å². The molecule has 1 aliphatic rings. The van der Waals surface area contributed by atoms with Gasteiger partial charge in [0, 0.05) is 23.2 Å². The number of carbonyl (C=O) groups is 1. The van der Waals surface area contributed by atoms with Crippen molar-refractivity contribution >= 4 is 21.6 Å². The summed E-state index contributed by atoms with van der Waals surface area (Å²) in [5.74, 6) is 0.615. The van der Waals surface area contributed by atoms with E-state index in [0.717, 1.165) is 24.2 Å². The second kappa shape index (κ2) is 8.45. The molecular formula is C22H28N2O4S. The molecule has 0 aromatic heterocycles. The average Bonchev–Trinajstić information content (AvgIpc) is 2.73. The monoisotopic (exact) mass is 416 g/mol. The zero-order valence-electron chi connectivity index (χ0n) is 17.1. The van der Waals surface area contributed by atoms with Crippen LogP contribution in [0.25, 0.3) is 0 Å². The molecule has 0 saturated heterocycles. The molecular weight excluding hydrogens is 388 g/mol. The molecule has 0 saturated carbocycles. The molecule has 0 bridgehead atoms. The molecule has 1 unspecified atom stereocenters. The zero-order chi connectivity index (χ0) is 21.1. The Morgan fingerprint density at radius 3 is 2.34 bits per heavy atom. The number of amides is 1. The van der Waals surface area contributed by atoms with Gasteiger partial charge in [0.1, 0.15) is 11.4 Å². The van der Waals surface area contributed by atoms with Crippen molar-refractivity contribution in [3.63, 3.8) is 0 Å². The van der Waals surface area contributed by atoms with E-state index in [1.165, 1.54) is 0 Å². The van der Waals surface area contributed by atoms with Crippen LogP contribution in [0.2, 0.25) is 0 Å². The van der Waals surface area contributed by atoms with Crippen molar-refractivity contribution < 1.29 is 17.9 Å². The minimum absolute atomic E-state index is 0.00496. The molecule has 3 rings (SSSR count). The summed E-state index contributed by atoms with van der Waals surface area (Å²) in [7, 11) is -3.35. The molecule has 0 fully saturated rings. The molecule has 1 heterocycles. The second-order valence-corrected chi connectivity index (χ2v) is 9.35. The maximum absolute atomic E-state index is 12.9. The fourth-order valence-electron chi connectivity index (χ4n) is 3.61. The van der Waals surface area contributed by atoms with Gasteiger partial charge in [-0.1, -0.05) is 32.0 Å². The number of hydrogen-bond acceptors (Lipinski definition) is 4. The molecule has 2 N–H and O–H groups in total. The molecule has 6 nitrogen and oxygen atoms in total. The zero-order valence-corrected chi connectivity index (χ0v) is 17.9. The summed E-state index contributed by atoms with van der Waals surface area (Å²) in [6.45, 7) is 5.78. The molecule has 1 amide bonds. The van der Waals surface area contributed by atoms with Crippen LogP contribution in [-0.4, -0.2) is 25.7 Å². The predicted molar refractivity (Wildman–Crippen MR) is 115 cm³/mol. The highest BCUT2D eigenvalue weighted by Crippen LogP contribution is 2.42. The predicted octanol–water partition coefficient (Wildman–Crippen LogP) is 4.26. The number of sulfonamides is 1. The third-order valence-electron chi connectivity index (χ3n) is 5.59. The maximum Gasteiger partial charge on any atom is 0.251 e. The first-order valence-corrected chi connectivity index (χ1v) is 11.7. The van der Waals surface area contributed by atoms with E-state index in [-0.39, 0.29) is 23.3 Å². The third-order valence-corrected chi connectivity index (χ3v) is 6.90. The molecule has 2 aromatic carbocycles. The first-order valence-electron chi connectivity index (χ1n) is 10.0. The highest BCUT2D eigenvalue weighted by atomic mass is 32.2. The number of carbonyl (C=O) groups excluding carboxylic acids is 1. The van der Waals surface area contributed by atoms with Crippen molar-refractivity contribution in [1.29, 1.82) is 0 Å². The van der Waals surface area contributed by atoms with E-state index >= 15 is 0 Å². The van der Waals surface area contributed by atoms with Crippen LogP contribution in [0.15, 0.2) is 48.5 Å². The molecule has 1 atom stereocenters. The van der Waals surface area contributed by atoms with Gasteiger partial charge in [0.05, 0.1) is 11.8 Å². The van der Waals surface area contributed by atoms with Crippen LogP contribution in [0.3, 0.4) is 0 Å². The third kappa shape index (κ3) is 4.72. The summed E-state index contributed by atoms with van der Waals surface area (Å²) in [5, 5.41) is 3.14. The Morgan fingerprint density at radius 1 is 1.07 bits per heavy atom. The van der Waals surface area contributed by atoms with Crippen LogP contribution >= 0.6 is 0 Å². The number of hydrogen-bond donors (Lipinski definition) is 2. The number of fused-ring (bicyclic) bond motifs is 1. The van der Waals surface area contributed by atoms with E-state index in [4.69, 9.17) is 4.74 Å². The van der Waals surface area contributed by atoms with Crippen LogP contribution in [0.4, 0.5) is 5.69 Å². The van der Waals surface area contributed by atoms with Gasteiger partial charge in [-0.05, 0) is 50.1 Å². The normalized spacial score (nSPS) is 17.7. The Morgan fingerprint density at radius 2 is 1.72 bits per heavy atom. The van der Waals surface area contributed by atoms with E-state index in [9.17, 15) is 13.2 Å². The lowest BCUT2D eigenvalue weighted by atomic mass is 9.83. The van der Waals surface area contributed by atoms with Gasteiger partial charge in [-0.15, -0.1) is 0 Å². The van der Waals surface area contributed by atoms with Crippen molar-refractivity contribution in [2.24, 2.45) is 0 Å². The van der Waals surface area contributed by atoms with Gasteiger partial charge in [-0.3, -0.25) is 9.52 Å². The molecule has 156 valence electrons. The topological polar surface area (TPSA) is 84.5 Å². The van der Waals surface area contributed by atoms with Gasteiger partial charge in [-0.25, -0.2) is 8.42 Å². The maximum atomic E-state index is 12.9. The Hall–Kier alpha value is -2.54. The number of rotatable bonds is 7. The minimum Gasteiger partial charge on any atom is -0.487 e. The Bertz CT molecular complexity index is 967. The highest BCUT2D eigenvalue weighted by molar-refractivity contribution is 7.92. The number of anilines is 1. The molecule has 29 heavy (non-hydrogen) atoms. The quantitative estimate of drug-likeness (QED) is 0.706. The molecule has 0 radical (unpaired) electrons. The fraction of sp³-hybridized carbons (Fsp3) is 0.409. The largest absolute Gasteiger partial charge is 0.487 e. The first kappa shape index (κ1) is 21.2. The standard InChI is InChI=1S/C22H28N2O4S/c1-4-22(5-2)15-19(18-9-7-8-10-20(18)28-22)23-21(25)16-11-13-17(14-12-16)24-29(26,27)6-3/h7-14,19,24H,4-6,15H2,1-3H3,(H,23,25). The van der Waals surface area contributed by atoms with Crippen molar-refractivity contribution in [1.82, 2.24) is 5.32 Å². The Labute approximate surface area is 172 Å². The first-order chi connectivity index (χ1) is 13.8. The van der Waals surface area contributed by atoms with E-state index in [2.05, 4.69) is 23.9 Å². The lowest BCUT2D eigenvalue weighted by Gasteiger charge is -2.41. The van der Waals surface area contributed by atoms with Gasteiger partial charge in [0.25, 0.3) is 5.91 Å². The van der Waals surface area contributed by atoms with Gasteiger partial charge in [0.15, 0.2) is 0 Å². The summed E-state index contributed by atoms with van der Waals surface area (Å²) < 4.78 is 32.1. The second-order valence-electron chi connectivity index (χ2n) is 7.34. The summed E-state index contributed by atoms with van der Waals surface area (Å²) in [4.78, 5) is 12.9. The number of ether oxygens (including phenoxy) is 1. The number of nitrogens with one attached hydrogen (secondary N) is 2. The molecule has 0 aliphatic carbocycles. The van der Waals surface area contributed by atoms with Gasteiger partial charge in [0.2, 0.25) is 10.0 Å². The van der Waals surface area contributed by atoms with E-state index < -0.39 is 10.0 Å². The lowest BCUT2D eigenvalue weighted by molar-refractivity contribution is 0.0227. The van der Waals surface area contributed by atoms with E-state index in [0.29, 0.717) is 17.7 Å². The van der Waals surface area contributed by atoms with Crippen molar-refractivity contribution in [2.45, 2.75) is 51.7 Å². The smallest absolute Gasteiger partial charge is 0.251 e. The van der Waals surface area contributed by atoms with Crippen molar-refractivity contribution in [3.8, 4) is 5.75 Å². The summed E-state index contributed by atoms with van der Waals surface area (Å²) in [6.07, 6.45) is 2.42.